The predicted molar refractivity (Wildman–Crippen MR) is 64.2 cm³/mol. The van der Waals surface area contributed by atoms with E-state index in [4.69, 9.17) is 10.5 Å². The van der Waals surface area contributed by atoms with E-state index in [2.05, 4.69) is 10.5 Å². The van der Waals surface area contributed by atoms with Crippen LogP contribution in [0.5, 0.6) is 0 Å². The van der Waals surface area contributed by atoms with E-state index >= 15 is 0 Å². The summed E-state index contributed by atoms with van der Waals surface area (Å²) >= 11 is 0. The minimum Gasteiger partial charge on any atom is -0.282 e. The van der Waals surface area contributed by atoms with Gasteiger partial charge in [0.05, 0.1) is 12.5 Å². The molecule has 0 fully saturated rings. The standard InChI is InChI=1S/C12H16N4/c1-4-11(6-5-10(2)3)15-16-12(9-14)7-8-13/h5-6,15H,4,7H2,1-3H3/b11-6+,16-12-. The van der Waals surface area contributed by atoms with Crippen LogP contribution < -0.4 is 5.43 Å². The van der Waals surface area contributed by atoms with Crippen molar-refractivity contribution in [1.29, 1.82) is 10.5 Å². The summed E-state index contributed by atoms with van der Waals surface area (Å²) in [6, 6.07) is 3.76. The van der Waals surface area contributed by atoms with Crippen LogP contribution in [0.1, 0.15) is 33.6 Å². The number of hydrogen-bond donors (Lipinski definition) is 1. The maximum atomic E-state index is 8.66. The number of hydrogen-bond acceptors (Lipinski definition) is 4. The van der Waals surface area contributed by atoms with Gasteiger partial charge in [-0.15, -0.1) is 0 Å². The Morgan fingerprint density at radius 3 is 2.44 bits per heavy atom. The molecule has 0 rings (SSSR count). The largest absolute Gasteiger partial charge is 0.282 e. The van der Waals surface area contributed by atoms with Crippen molar-refractivity contribution in [2.24, 2.45) is 5.10 Å². The average molecular weight is 216 g/mol. The molecule has 0 aromatic rings. The summed E-state index contributed by atoms with van der Waals surface area (Å²) in [5.74, 6) is 0. The number of allylic oxidation sites excluding steroid dienone is 4. The molecule has 0 atom stereocenters. The Morgan fingerprint density at radius 1 is 1.31 bits per heavy atom. The van der Waals surface area contributed by atoms with Gasteiger partial charge in [0.25, 0.3) is 0 Å². The average Bonchev–Trinajstić information content (AvgIpc) is 2.27. The van der Waals surface area contributed by atoms with Crippen molar-refractivity contribution in [2.45, 2.75) is 33.6 Å². The van der Waals surface area contributed by atoms with Crippen molar-refractivity contribution in [1.82, 2.24) is 5.43 Å². The third kappa shape index (κ3) is 6.39. The van der Waals surface area contributed by atoms with Crippen LogP contribution in [-0.4, -0.2) is 5.71 Å². The molecule has 1 N–H and O–H groups in total. The van der Waals surface area contributed by atoms with Crippen LogP contribution in [0.3, 0.4) is 0 Å². The lowest BCUT2D eigenvalue weighted by Gasteiger charge is -2.02. The fourth-order valence-corrected chi connectivity index (χ4v) is 0.820. The lowest BCUT2D eigenvalue weighted by atomic mass is 10.2. The Bertz CT molecular complexity index is 384. The first-order valence-electron chi connectivity index (χ1n) is 5.07. The first-order valence-corrected chi connectivity index (χ1v) is 5.07. The fourth-order valence-electron chi connectivity index (χ4n) is 0.820. The normalized spacial score (nSPS) is 11.3. The van der Waals surface area contributed by atoms with Crippen molar-refractivity contribution in [3.05, 3.63) is 23.4 Å². The fraction of sp³-hybridized carbons (Fsp3) is 0.417. The molecule has 0 aliphatic rings. The topological polar surface area (TPSA) is 72.0 Å². The molecule has 4 nitrogen and oxygen atoms in total. The van der Waals surface area contributed by atoms with Crippen molar-refractivity contribution >= 4 is 5.71 Å². The predicted octanol–water partition coefficient (Wildman–Crippen LogP) is 2.63. The van der Waals surface area contributed by atoms with E-state index in [1.165, 1.54) is 5.57 Å². The Kier molecular flexibility index (Phi) is 7.19. The summed E-state index contributed by atoms with van der Waals surface area (Å²) in [4.78, 5) is 0. The Morgan fingerprint density at radius 2 is 2.00 bits per heavy atom. The molecule has 0 aromatic heterocycles. The van der Waals surface area contributed by atoms with Crippen molar-refractivity contribution in [2.75, 3.05) is 0 Å². The monoisotopic (exact) mass is 216 g/mol. The molecular formula is C12H16N4. The van der Waals surface area contributed by atoms with Crippen LogP contribution in [0, 0.1) is 22.7 Å². The molecule has 16 heavy (non-hydrogen) atoms. The zero-order chi connectivity index (χ0) is 12.4. The summed E-state index contributed by atoms with van der Waals surface area (Å²) in [6.45, 7) is 6.00. The summed E-state index contributed by atoms with van der Waals surface area (Å²) in [6.07, 6.45) is 4.71. The van der Waals surface area contributed by atoms with E-state index in [1.54, 1.807) is 0 Å². The molecule has 0 unspecified atom stereocenters. The van der Waals surface area contributed by atoms with Crippen LogP contribution in [0.15, 0.2) is 28.5 Å². The van der Waals surface area contributed by atoms with Gasteiger partial charge in [0.15, 0.2) is 5.71 Å². The molecule has 84 valence electrons. The third-order valence-electron chi connectivity index (χ3n) is 1.71. The second-order valence-corrected chi connectivity index (χ2v) is 3.41. The van der Waals surface area contributed by atoms with Gasteiger partial charge in [-0.25, -0.2) is 0 Å². The number of hydrazone groups is 1. The van der Waals surface area contributed by atoms with Gasteiger partial charge in [0.1, 0.15) is 6.07 Å². The van der Waals surface area contributed by atoms with Crippen LogP contribution in [0.25, 0.3) is 0 Å². The van der Waals surface area contributed by atoms with Gasteiger partial charge in [-0.1, -0.05) is 18.6 Å². The number of nitrogens with one attached hydrogen (secondary N) is 1. The van der Waals surface area contributed by atoms with Gasteiger partial charge in [0.2, 0.25) is 0 Å². The highest BCUT2D eigenvalue weighted by Gasteiger charge is 1.96. The highest BCUT2D eigenvalue weighted by Crippen LogP contribution is 1.99. The van der Waals surface area contributed by atoms with E-state index in [0.29, 0.717) is 0 Å². The molecular weight excluding hydrogens is 200 g/mol. The van der Waals surface area contributed by atoms with Crippen molar-refractivity contribution in [3.63, 3.8) is 0 Å². The van der Waals surface area contributed by atoms with Gasteiger partial charge in [-0.05, 0) is 26.3 Å². The van der Waals surface area contributed by atoms with E-state index in [1.807, 2.05) is 45.1 Å². The minimum atomic E-state index is 0.0309. The first-order chi connectivity index (χ1) is 7.63. The molecule has 4 heteroatoms. The molecule has 0 aliphatic heterocycles. The van der Waals surface area contributed by atoms with E-state index in [9.17, 15) is 0 Å². The smallest absolute Gasteiger partial charge is 0.151 e. The van der Waals surface area contributed by atoms with Gasteiger partial charge < -0.3 is 0 Å². The summed E-state index contributed by atoms with van der Waals surface area (Å²) < 4.78 is 0. The second kappa shape index (κ2) is 8.26. The summed E-state index contributed by atoms with van der Waals surface area (Å²) in [5, 5.41) is 21.0. The highest BCUT2D eigenvalue weighted by molar-refractivity contribution is 5.99. The highest BCUT2D eigenvalue weighted by atomic mass is 15.3. The number of nitriles is 2. The van der Waals surface area contributed by atoms with Gasteiger partial charge in [-0.3, -0.25) is 5.43 Å². The number of nitrogens with zero attached hydrogens (tertiary/aromatic N) is 3. The van der Waals surface area contributed by atoms with Crippen LogP contribution in [-0.2, 0) is 0 Å². The summed E-state index contributed by atoms with van der Waals surface area (Å²) in [7, 11) is 0. The molecule has 0 aromatic carbocycles. The molecule has 0 amide bonds. The molecule has 0 saturated carbocycles. The third-order valence-corrected chi connectivity index (χ3v) is 1.71. The number of rotatable bonds is 5. The zero-order valence-electron chi connectivity index (χ0n) is 9.91. The molecule has 0 heterocycles. The molecule has 0 bridgehead atoms. The van der Waals surface area contributed by atoms with Gasteiger partial charge in [0, 0.05) is 5.70 Å². The van der Waals surface area contributed by atoms with Crippen LogP contribution in [0.4, 0.5) is 0 Å². The lowest BCUT2D eigenvalue weighted by molar-refractivity contribution is 0.828. The maximum Gasteiger partial charge on any atom is 0.151 e. The van der Waals surface area contributed by atoms with E-state index in [0.717, 1.165) is 12.1 Å². The van der Waals surface area contributed by atoms with Crippen LogP contribution >= 0.6 is 0 Å². The lowest BCUT2D eigenvalue weighted by Crippen LogP contribution is -2.08. The molecule has 0 aliphatic carbocycles. The zero-order valence-corrected chi connectivity index (χ0v) is 9.91. The SMILES string of the molecule is CC/C(=C\C=C(C)C)N/N=C(\C#N)CC#N. The quantitative estimate of drug-likeness (QED) is 0.436. The molecule has 0 spiro atoms. The van der Waals surface area contributed by atoms with Gasteiger partial charge in [-0.2, -0.15) is 15.6 Å². The molecule has 0 radical (unpaired) electrons. The Balaban J connectivity index is 4.58. The first kappa shape index (κ1) is 13.9. The molecule has 0 saturated heterocycles. The maximum absolute atomic E-state index is 8.66. The van der Waals surface area contributed by atoms with Crippen molar-refractivity contribution < 1.29 is 0 Å². The van der Waals surface area contributed by atoms with E-state index in [-0.39, 0.29) is 12.1 Å². The van der Waals surface area contributed by atoms with Gasteiger partial charge >= 0.3 is 0 Å². The van der Waals surface area contributed by atoms with Crippen LogP contribution in [0.2, 0.25) is 0 Å². The Labute approximate surface area is 96.6 Å². The Hall–Kier alpha value is -2.07. The second-order valence-electron chi connectivity index (χ2n) is 3.41. The summed E-state index contributed by atoms with van der Waals surface area (Å²) in [5.41, 5.74) is 5.08. The minimum absolute atomic E-state index is 0.0309. The van der Waals surface area contributed by atoms with E-state index < -0.39 is 0 Å². The van der Waals surface area contributed by atoms with Crippen molar-refractivity contribution in [3.8, 4) is 12.1 Å².